The van der Waals surface area contributed by atoms with E-state index in [-0.39, 0.29) is 0 Å². The fourth-order valence-electron chi connectivity index (χ4n) is 2.66. The number of halogens is 1. The number of hydrogen-bond donors (Lipinski definition) is 2. The molecule has 1 saturated heterocycles. The van der Waals surface area contributed by atoms with Gasteiger partial charge in [0.05, 0.1) is 0 Å². The zero-order valence-corrected chi connectivity index (χ0v) is 13.3. The Morgan fingerprint density at radius 2 is 1.95 bits per heavy atom. The van der Waals surface area contributed by atoms with Crippen LogP contribution >= 0.6 is 11.6 Å². The largest absolute Gasteiger partial charge is 0.457 e. The van der Waals surface area contributed by atoms with E-state index in [2.05, 4.69) is 16.7 Å². The third kappa shape index (κ3) is 4.23. The van der Waals surface area contributed by atoms with Crippen molar-refractivity contribution in [2.75, 3.05) is 13.1 Å². The lowest BCUT2D eigenvalue weighted by Gasteiger charge is -2.24. The zero-order valence-electron chi connectivity index (χ0n) is 12.5. The lowest BCUT2D eigenvalue weighted by Crippen LogP contribution is -2.42. The van der Waals surface area contributed by atoms with Gasteiger partial charge in [-0.05, 0) is 49.7 Å². The molecule has 1 aliphatic heterocycles. The third-order valence-electron chi connectivity index (χ3n) is 3.89. The van der Waals surface area contributed by atoms with Crippen molar-refractivity contribution in [3.05, 3.63) is 59.1 Å². The molecule has 0 radical (unpaired) electrons. The maximum atomic E-state index is 5.99. The first-order valence-corrected chi connectivity index (χ1v) is 8.14. The Morgan fingerprint density at radius 1 is 1.14 bits per heavy atom. The predicted molar refractivity (Wildman–Crippen MR) is 90.7 cm³/mol. The van der Waals surface area contributed by atoms with Crippen LogP contribution in [0, 0.1) is 0 Å². The molecule has 0 bridgehead atoms. The maximum absolute atomic E-state index is 5.99. The van der Waals surface area contributed by atoms with Crippen molar-refractivity contribution < 1.29 is 4.74 Å². The summed E-state index contributed by atoms with van der Waals surface area (Å²) in [5, 5.41) is 7.75. The highest BCUT2D eigenvalue weighted by Gasteiger charge is 2.13. The Balaban J connectivity index is 1.65. The molecule has 1 fully saturated rings. The normalized spacial score (nSPS) is 18.1. The molecule has 0 amide bonds. The number of para-hydroxylation sites is 1. The monoisotopic (exact) mass is 316 g/mol. The molecule has 2 aromatic rings. The van der Waals surface area contributed by atoms with Gasteiger partial charge in [0.15, 0.2) is 0 Å². The molecule has 1 unspecified atom stereocenters. The highest BCUT2D eigenvalue weighted by atomic mass is 35.5. The van der Waals surface area contributed by atoms with Crippen LogP contribution in [0.3, 0.4) is 0 Å². The highest BCUT2D eigenvalue weighted by Crippen LogP contribution is 2.26. The molecular weight excluding hydrogens is 296 g/mol. The Hall–Kier alpha value is -1.55. The molecule has 2 N–H and O–H groups in total. The Kier molecular flexibility index (Phi) is 5.33. The fraction of sp³-hybridized carbons (Fsp3) is 0.333. The molecule has 1 heterocycles. The molecule has 3 rings (SSSR count). The Bertz CT molecular complexity index is 594. The molecule has 2 aromatic carbocycles. The number of rotatable bonds is 5. The first-order chi connectivity index (χ1) is 10.8. The van der Waals surface area contributed by atoms with E-state index in [4.69, 9.17) is 16.3 Å². The third-order valence-corrected chi connectivity index (χ3v) is 4.14. The Morgan fingerprint density at radius 3 is 2.73 bits per heavy atom. The lowest BCUT2D eigenvalue weighted by molar-refractivity contribution is 0.385. The SMILES string of the molecule is Clc1ccc(Oc2ccccc2CNC2CCCNC2)cc1. The van der Waals surface area contributed by atoms with Crippen LogP contribution in [0.4, 0.5) is 0 Å². The van der Waals surface area contributed by atoms with Crippen LogP contribution in [0.25, 0.3) is 0 Å². The van der Waals surface area contributed by atoms with Crippen molar-refractivity contribution in [3.8, 4) is 11.5 Å². The standard InChI is InChI=1S/C18H21ClN2O/c19-15-7-9-17(10-8-15)22-18-6-2-1-4-14(18)12-21-16-5-3-11-20-13-16/h1-2,4,6-10,16,20-21H,3,5,11-13H2. The second-order valence-corrected chi connectivity index (χ2v) is 6.02. The van der Waals surface area contributed by atoms with Gasteiger partial charge in [0.2, 0.25) is 0 Å². The van der Waals surface area contributed by atoms with Gasteiger partial charge in [-0.25, -0.2) is 0 Å². The number of nitrogens with one attached hydrogen (secondary N) is 2. The molecular formula is C18H21ClN2O. The summed E-state index contributed by atoms with van der Waals surface area (Å²) in [6, 6.07) is 16.1. The van der Waals surface area contributed by atoms with E-state index in [1.807, 2.05) is 42.5 Å². The fourth-order valence-corrected chi connectivity index (χ4v) is 2.79. The van der Waals surface area contributed by atoms with Crippen LogP contribution in [-0.2, 0) is 6.54 Å². The van der Waals surface area contributed by atoms with Gasteiger partial charge in [0.1, 0.15) is 11.5 Å². The molecule has 0 aromatic heterocycles. The molecule has 0 saturated carbocycles. The van der Waals surface area contributed by atoms with E-state index >= 15 is 0 Å². The second-order valence-electron chi connectivity index (χ2n) is 5.59. The molecule has 4 heteroatoms. The number of piperidine rings is 1. The van der Waals surface area contributed by atoms with Crippen molar-refractivity contribution >= 4 is 11.6 Å². The van der Waals surface area contributed by atoms with Crippen LogP contribution in [0.15, 0.2) is 48.5 Å². The van der Waals surface area contributed by atoms with E-state index in [1.54, 1.807) is 0 Å². The smallest absolute Gasteiger partial charge is 0.131 e. The van der Waals surface area contributed by atoms with Crippen molar-refractivity contribution in [1.29, 1.82) is 0 Å². The topological polar surface area (TPSA) is 33.3 Å². The molecule has 22 heavy (non-hydrogen) atoms. The minimum atomic E-state index is 0.539. The predicted octanol–water partition coefficient (Wildman–Crippen LogP) is 3.97. The van der Waals surface area contributed by atoms with Gasteiger partial charge in [-0.15, -0.1) is 0 Å². The lowest BCUT2D eigenvalue weighted by atomic mass is 10.1. The van der Waals surface area contributed by atoms with E-state index < -0.39 is 0 Å². The van der Waals surface area contributed by atoms with Gasteiger partial charge in [-0.3, -0.25) is 0 Å². The van der Waals surface area contributed by atoms with E-state index in [0.29, 0.717) is 11.1 Å². The molecule has 1 atom stereocenters. The highest BCUT2D eigenvalue weighted by molar-refractivity contribution is 6.30. The van der Waals surface area contributed by atoms with E-state index in [1.165, 1.54) is 18.4 Å². The molecule has 0 aliphatic carbocycles. The average molecular weight is 317 g/mol. The molecule has 116 valence electrons. The summed E-state index contributed by atoms with van der Waals surface area (Å²) >= 11 is 5.91. The summed E-state index contributed by atoms with van der Waals surface area (Å²) in [6.07, 6.45) is 2.47. The maximum Gasteiger partial charge on any atom is 0.131 e. The number of ether oxygens (including phenoxy) is 1. The van der Waals surface area contributed by atoms with Crippen LogP contribution in [0.5, 0.6) is 11.5 Å². The van der Waals surface area contributed by atoms with E-state index in [9.17, 15) is 0 Å². The second kappa shape index (κ2) is 7.63. The summed E-state index contributed by atoms with van der Waals surface area (Å²) in [4.78, 5) is 0. The van der Waals surface area contributed by atoms with Gasteiger partial charge >= 0.3 is 0 Å². The number of benzene rings is 2. The molecule has 3 nitrogen and oxygen atoms in total. The molecule has 1 aliphatic rings. The first kappa shape index (κ1) is 15.3. The van der Waals surface area contributed by atoms with Crippen molar-refractivity contribution in [2.45, 2.75) is 25.4 Å². The number of hydrogen-bond acceptors (Lipinski definition) is 3. The van der Waals surface area contributed by atoms with Crippen molar-refractivity contribution in [3.63, 3.8) is 0 Å². The summed E-state index contributed by atoms with van der Waals surface area (Å²) < 4.78 is 5.99. The average Bonchev–Trinajstić information content (AvgIpc) is 2.57. The Labute approximate surface area is 136 Å². The van der Waals surface area contributed by atoms with Gasteiger partial charge in [-0.2, -0.15) is 0 Å². The summed E-state index contributed by atoms with van der Waals surface area (Å²) in [5.41, 5.74) is 1.17. The van der Waals surface area contributed by atoms with Crippen LogP contribution in [0.2, 0.25) is 5.02 Å². The van der Waals surface area contributed by atoms with Crippen LogP contribution < -0.4 is 15.4 Å². The van der Waals surface area contributed by atoms with Gasteiger partial charge in [-0.1, -0.05) is 29.8 Å². The summed E-state index contributed by atoms with van der Waals surface area (Å²) in [7, 11) is 0. The summed E-state index contributed by atoms with van der Waals surface area (Å²) in [5.74, 6) is 1.69. The molecule has 0 spiro atoms. The zero-order chi connectivity index (χ0) is 15.2. The minimum Gasteiger partial charge on any atom is -0.457 e. The van der Waals surface area contributed by atoms with Crippen molar-refractivity contribution in [2.24, 2.45) is 0 Å². The van der Waals surface area contributed by atoms with Gasteiger partial charge < -0.3 is 15.4 Å². The van der Waals surface area contributed by atoms with Crippen molar-refractivity contribution in [1.82, 2.24) is 10.6 Å². The van der Waals surface area contributed by atoms with Gasteiger partial charge in [0, 0.05) is 29.7 Å². The minimum absolute atomic E-state index is 0.539. The van der Waals surface area contributed by atoms with Crippen LogP contribution in [-0.4, -0.2) is 19.1 Å². The van der Waals surface area contributed by atoms with E-state index in [0.717, 1.165) is 31.1 Å². The van der Waals surface area contributed by atoms with Crippen LogP contribution in [0.1, 0.15) is 18.4 Å². The first-order valence-electron chi connectivity index (χ1n) is 7.77. The summed E-state index contributed by atoms with van der Waals surface area (Å²) in [6.45, 7) is 2.99. The van der Waals surface area contributed by atoms with Gasteiger partial charge in [0.25, 0.3) is 0 Å². The quantitative estimate of drug-likeness (QED) is 0.875.